The first kappa shape index (κ1) is 13.6. The number of amides is 1. The van der Waals surface area contributed by atoms with Crippen molar-refractivity contribution >= 4 is 11.6 Å². The van der Waals surface area contributed by atoms with Gasteiger partial charge in [0.1, 0.15) is 0 Å². The molecule has 1 aromatic carbocycles. The molecule has 0 aliphatic carbocycles. The van der Waals surface area contributed by atoms with E-state index in [1.807, 2.05) is 12.1 Å². The van der Waals surface area contributed by atoms with Crippen LogP contribution in [0.3, 0.4) is 0 Å². The zero-order valence-corrected chi connectivity index (χ0v) is 11.9. The Morgan fingerprint density at radius 3 is 2.70 bits per heavy atom. The minimum Gasteiger partial charge on any atom is -0.326 e. The summed E-state index contributed by atoms with van der Waals surface area (Å²) in [5.41, 5.74) is 9.53. The summed E-state index contributed by atoms with van der Waals surface area (Å²) in [4.78, 5) is 13.9. The lowest BCUT2D eigenvalue weighted by Crippen LogP contribution is -2.33. The van der Waals surface area contributed by atoms with Gasteiger partial charge in [0.25, 0.3) is 0 Å². The molecule has 0 aromatic heterocycles. The molecule has 1 atom stereocenters. The number of fused-ring (bicyclic) bond motifs is 1. The molecule has 20 heavy (non-hydrogen) atoms. The number of carbonyl (C=O) groups excluding carboxylic acids is 1. The van der Waals surface area contributed by atoms with Gasteiger partial charge in [0.2, 0.25) is 5.91 Å². The highest BCUT2D eigenvalue weighted by Gasteiger charge is 2.20. The van der Waals surface area contributed by atoms with Crippen LogP contribution in [0, 0.1) is 0 Å². The summed E-state index contributed by atoms with van der Waals surface area (Å²) >= 11 is 0. The molecule has 3 rings (SSSR count). The number of carbonyl (C=O) groups is 1. The van der Waals surface area contributed by atoms with Crippen LogP contribution in [0.25, 0.3) is 0 Å². The molecule has 0 radical (unpaired) electrons. The Morgan fingerprint density at radius 2 is 1.95 bits per heavy atom. The predicted molar refractivity (Wildman–Crippen MR) is 80.6 cm³/mol. The predicted octanol–water partition coefficient (Wildman–Crippen LogP) is 2.06. The van der Waals surface area contributed by atoms with Crippen LogP contribution in [0.15, 0.2) is 18.2 Å². The van der Waals surface area contributed by atoms with Crippen molar-refractivity contribution in [1.82, 2.24) is 4.90 Å². The largest absolute Gasteiger partial charge is 0.326 e. The minimum absolute atomic E-state index is 0.0362. The number of hydrogen-bond acceptors (Lipinski definition) is 3. The summed E-state index contributed by atoms with van der Waals surface area (Å²) in [7, 11) is 0. The monoisotopic (exact) mass is 273 g/mol. The molecule has 0 spiro atoms. The second-order valence-electron chi connectivity index (χ2n) is 5.96. The van der Waals surface area contributed by atoms with Gasteiger partial charge in [-0.1, -0.05) is 25.0 Å². The molecule has 0 saturated carbocycles. The van der Waals surface area contributed by atoms with Crippen LogP contribution >= 0.6 is 0 Å². The van der Waals surface area contributed by atoms with Crippen molar-refractivity contribution in [2.24, 2.45) is 5.73 Å². The molecular weight excluding hydrogens is 250 g/mol. The van der Waals surface area contributed by atoms with Gasteiger partial charge in [0, 0.05) is 18.3 Å². The molecule has 2 aliphatic heterocycles. The van der Waals surface area contributed by atoms with Crippen molar-refractivity contribution < 1.29 is 4.79 Å². The average Bonchev–Trinajstić information content (AvgIpc) is 2.62. The topological polar surface area (TPSA) is 58.4 Å². The van der Waals surface area contributed by atoms with E-state index in [2.05, 4.69) is 16.3 Å². The first-order chi connectivity index (χ1) is 9.72. The summed E-state index contributed by atoms with van der Waals surface area (Å²) in [6.45, 7) is 3.25. The zero-order valence-electron chi connectivity index (χ0n) is 11.9. The Hall–Kier alpha value is -1.39. The minimum atomic E-state index is 0.0362. The third kappa shape index (κ3) is 3.02. The van der Waals surface area contributed by atoms with E-state index in [-0.39, 0.29) is 11.9 Å². The summed E-state index contributed by atoms with van der Waals surface area (Å²) in [5.74, 6) is 0.0817. The smallest absolute Gasteiger partial charge is 0.228 e. The fraction of sp³-hybridized carbons (Fsp3) is 0.562. The lowest BCUT2D eigenvalue weighted by molar-refractivity contribution is -0.115. The van der Waals surface area contributed by atoms with Gasteiger partial charge >= 0.3 is 0 Å². The summed E-state index contributed by atoms with van der Waals surface area (Å²) < 4.78 is 0. The van der Waals surface area contributed by atoms with E-state index >= 15 is 0 Å². The molecule has 4 heteroatoms. The maximum atomic E-state index is 11.4. The van der Waals surface area contributed by atoms with Crippen LogP contribution in [-0.2, 0) is 11.2 Å². The van der Waals surface area contributed by atoms with E-state index < -0.39 is 0 Å². The molecule has 3 N–H and O–H groups in total. The Morgan fingerprint density at radius 1 is 1.20 bits per heavy atom. The van der Waals surface area contributed by atoms with Gasteiger partial charge in [-0.15, -0.1) is 0 Å². The lowest BCUT2D eigenvalue weighted by atomic mass is 10.0. The van der Waals surface area contributed by atoms with E-state index in [1.54, 1.807) is 0 Å². The lowest BCUT2D eigenvalue weighted by Gasteiger charge is -2.24. The number of nitrogens with zero attached hydrogens (tertiary/aromatic N) is 1. The van der Waals surface area contributed by atoms with Crippen molar-refractivity contribution in [2.75, 3.05) is 25.0 Å². The molecule has 1 saturated heterocycles. The fourth-order valence-electron chi connectivity index (χ4n) is 3.18. The third-order valence-electron chi connectivity index (χ3n) is 4.34. The zero-order chi connectivity index (χ0) is 13.9. The standard InChI is InChI=1S/C16H23N3O/c17-14(11-19-7-3-1-2-4-8-19)12-5-6-15-13(9-12)10-16(20)18-15/h5-6,9,14H,1-4,7-8,10-11,17H2,(H,18,20). The number of anilines is 1. The number of nitrogens with two attached hydrogens (primary N) is 1. The highest BCUT2D eigenvalue weighted by atomic mass is 16.1. The molecule has 1 fully saturated rings. The Labute approximate surface area is 120 Å². The maximum absolute atomic E-state index is 11.4. The fourth-order valence-corrected chi connectivity index (χ4v) is 3.18. The van der Waals surface area contributed by atoms with E-state index in [0.29, 0.717) is 6.42 Å². The van der Waals surface area contributed by atoms with Crippen LogP contribution in [0.4, 0.5) is 5.69 Å². The Balaban J connectivity index is 1.66. The van der Waals surface area contributed by atoms with Crippen LogP contribution in [0.1, 0.15) is 42.9 Å². The van der Waals surface area contributed by atoms with Gasteiger partial charge in [0.05, 0.1) is 6.42 Å². The molecule has 1 amide bonds. The van der Waals surface area contributed by atoms with E-state index in [9.17, 15) is 4.79 Å². The summed E-state index contributed by atoms with van der Waals surface area (Å²) in [6, 6.07) is 6.16. The Kier molecular flexibility index (Phi) is 4.03. The third-order valence-corrected chi connectivity index (χ3v) is 4.34. The van der Waals surface area contributed by atoms with Crippen LogP contribution < -0.4 is 11.1 Å². The van der Waals surface area contributed by atoms with Gasteiger partial charge in [-0.25, -0.2) is 0 Å². The summed E-state index contributed by atoms with van der Waals surface area (Å²) in [5, 5.41) is 2.86. The van der Waals surface area contributed by atoms with Gasteiger partial charge in [-0.2, -0.15) is 0 Å². The van der Waals surface area contributed by atoms with E-state index in [1.165, 1.54) is 38.8 Å². The number of benzene rings is 1. The normalized spacial score (nSPS) is 21.1. The maximum Gasteiger partial charge on any atom is 0.228 e. The first-order valence-corrected chi connectivity index (χ1v) is 7.63. The van der Waals surface area contributed by atoms with E-state index in [4.69, 9.17) is 5.73 Å². The first-order valence-electron chi connectivity index (χ1n) is 7.63. The highest BCUT2D eigenvalue weighted by molar-refractivity contribution is 5.99. The van der Waals surface area contributed by atoms with Gasteiger partial charge in [-0.05, 0) is 43.1 Å². The van der Waals surface area contributed by atoms with Crippen molar-refractivity contribution in [3.05, 3.63) is 29.3 Å². The molecule has 1 aromatic rings. The second-order valence-corrected chi connectivity index (χ2v) is 5.96. The van der Waals surface area contributed by atoms with Crippen LogP contribution in [0.2, 0.25) is 0 Å². The molecule has 1 unspecified atom stereocenters. The molecular formula is C16H23N3O. The molecule has 2 aliphatic rings. The highest BCUT2D eigenvalue weighted by Crippen LogP contribution is 2.26. The summed E-state index contributed by atoms with van der Waals surface area (Å²) in [6.07, 6.45) is 5.75. The molecule has 2 heterocycles. The van der Waals surface area contributed by atoms with Crippen molar-refractivity contribution in [3.63, 3.8) is 0 Å². The Bertz CT molecular complexity index is 492. The molecule has 0 bridgehead atoms. The number of hydrogen-bond donors (Lipinski definition) is 2. The quantitative estimate of drug-likeness (QED) is 0.886. The second kappa shape index (κ2) is 5.94. The van der Waals surface area contributed by atoms with Crippen molar-refractivity contribution in [2.45, 2.75) is 38.1 Å². The van der Waals surface area contributed by atoms with E-state index in [0.717, 1.165) is 23.4 Å². The van der Waals surface area contributed by atoms with Crippen LogP contribution in [0.5, 0.6) is 0 Å². The molecule has 108 valence electrons. The van der Waals surface area contributed by atoms with Crippen molar-refractivity contribution in [3.8, 4) is 0 Å². The molecule has 4 nitrogen and oxygen atoms in total. The average molecular weight is 273 g/mol. The van der Waals surface area contributed by atoms with Crippen LogP contribution in [-0.4, -0.2) is 30.4 Å². The van der Waals surface area contributed by atoms with Gasteiger partial charge in [-0.3, -0.25) is 4.79 Å². The van der Waals surface area contributed by atoms with Crippen molar-refractivity contribution in [1.29, 1.82) is 0 Å². The SMILES string of the molecule is NC(CN1CCCCCC1)c1ccc2c(c1)CC(=O)N2. The number of likely N-dealkylation sites (tertiary alicyclic amines) is 1. The van der Waals surface area contributed by atoms with Gasteiger partial charge in [0.15, 0.2) is 0 Å². The number of rotatable bonds is 3. The number of nitrogens with one attached hydrogen (secondary N) is 1. The van der Waals surface area contributed by atoms with Gasteiger partial charge < -0.3 is 16.0 Å².